The summed E-state index contributed by atoms with van der Waals surface area (Å²) in [6, 6.07) is 1.70. The summed E-state index contributed by atoms with van der Waals surface area (Å²) in [5.74, 6) is 0. The Morgan fingerprint density at radius 3 is 2.92 bits per heavy atom. The molecular formula is C9H6N2OS. The van der Waals surface area contributed by atoms with Crippen LogP contribution in [0.5, 0.6) is 0 Å². The molecule has 0 aromatic carbocycles. The molecule has 0 fully saturated rings. The van der Waals surface area contributed by atoms with Crippen LogP contribution in [0.3, 0.4) is 0 Å². The Morgan fingerprint density at radius 2 is 2.23 bits per heavy atom. The highest BCUT2D eigenvalue weighted by Crippen LogP contribution is 2.24. The normalized spacial score (nSPS) is 9.85. The number of hydrogen-bond acceptors (Lipinski definition) is 4. The summed E-state index contributed by atoms with van der Waals surface area (Å²) in [5.41, 5.74) is 3.23. The summed E-state index contributed by atoms with van der Waals surface area (Å²) in [6.07, 6.45) is 5.84. The summed E-state index contributed by atoms with van der Waals surface area (Å²) in [7, 11) is 0. The van der Waals surface area contributed by atoms with Gasteiger partial charge in [0.1, 0.15) is 0 Å². The Labute approximate surface area is 79.1 Å². The smallest absolute Gasteiger partial charge is 0.150 e. The van der Waals surface area contributed by atoms with E-state index in [0.29, 0.717) is 5.56 Å². The van der Waals surface area contributed by atoms with Crippen LogP contribution >= 0.6 is 11.3 Å². The number of pyridine rings is 1. The summed E-state index contributed by atoms with van der Waals surface area (Å²) in [6.45, 7) is 0. The second-order valence-electron chi connectivity index (χ2n) is 2.45. The number of aldehydes is 1. The Morgan fingerprint density at radius 1 is 1.31 bits per heavy atom. The zero-order valence-electron chi connectivity index (χ0n) is 6.68. The fraction of sp³-hybridized carbons (Fsp3) is 0. The Balaban J connectivity index is 2.57. The van der Waals surface area contributed by atoms with Gasteiger partial charge in [0.15, 0.2) is 6.29 Å². The van der Waals surface area contributed by atoms with Crippen LogP contribution in [0.15, 0.2) is 30.2 Å². The molecule has 0 aliphatic rings. The van der Waals surface area contributed by atoms with Crippen LogP contribution in [0.1, 0.15) is 10.4 Å². The van der Waals surface area contributed by atoms with Gasteiger partial charge in [-0.2, -0.15) is 0 Å². The lowest BCUT2D eigenvalue weighted by molar-refractivity contribution is 0.112. The third kappa shape index (κ3) is 1.48. The number of aromatic nitrogens is 2. The maximum absolute atomic E-state index is 10.7. The van der Waals surface area contributed by atoms with Crippen molar-refractivity contribution in [2.75, 3.05) is 0 Å². The number of nitrogens with zero attached hydrogens (tertiary/aromatic N) is 2. The lowest BCUT2D eigenvalue weighted by Crippen LogP contribution is -1.85. The summed E-state index contributed by atoms with van der Waals surface area (Å²) in [4.78, 5) is 19.6. The van der Waals surface area contributed by atoms with Gasteiger partial charge in [-0.3, -0.25) is 14.8 Å². The molecule has 2 rings (SSSR count). The molecule has 4 heteroatoms. The van der Waals surface area contributed by atoms with Crippen LogP contribution in [-0.4, -0.2) is 16.3 Å². The van der Waals surface area contributed by atoms with E-state index in [1.165, 1.54) is 11.3 Å². The van der Waals surface area contributed by atoms with Gasteiger partial charge in [-0.1, -0.05) is 0 Å². The van der Waals surface area contributed by atoms with E-state index >= 15 is 0 Å². The highest BCUT2D eigenvalue weighted by molar-refractivity contribution is 7.13. The summed E-state index contributed by atoms with van der Waals surface area (Å²) >= 11 is 1.50. The quantitative estimate of drug-likeness (QED) is 0.680. The predicted molar refractivity (Wildman–Crippen MR) is 50.7 cm³/mol. The van der Waals surface area contributed by atoms with Gasteiger partial charge in [-0.15, -0.1) is 11.3 Å². The maximum atomic E-state index is 10.7. The minimum absolute atomic E-state index is 0.652. The topological polar surface area (TPSA) is 42.9 Å². The van der Waals surface area contributed by atoms with Crippen LogP contribution in [0.4, 0.5) is 0 Å². The van der Waals surface area contributed by atoms with Gasteiger partial charge < -0.3 is 0 Å². The molecule has 3 nitrogen and oxygen atoms in total. The van der Waals surface area contributed by atoms with Gasteiger partial charge >= 0.3 is 0 Å². The zero-order chi connectivity index (χ0) is 9.10. The highest BCUT2D eigenvalue weighted by atomic mass is 32.1. The standard InChI is InChI=1S/C9H6N2OS/c12-5-7-1-2-10-3-8(7)9-4-11-6-13-9/h1-6H. The van der Waals surface area contributed by atoms with Gasteiger partial charge in [0.05, 0.1) is 10.4 Å². The minimum atomic E-state index is 0.652. The lowest BCUT2D eigenvalue weighted by atomic mass is 10.1. The zero-order valence-corrected chi connectivity index (χ0v) is 7.49. The molecule has 0 bridgehead atoms. The average molecular weight is 190 g/mol. The number of carbonyl (C=O) groups is 1. The molecule has 0 saturated carbocycles. The van der Waals surface area contributed by atoms with Gasteiger partial charge in [0, 0.05) is 29.7 Å². The molecule has 64 valence electrons. The predicted octanol–water partition coefficient (Wildman–Crippen LogP) is 2.02. The second kappa shape index (κ2) is 3.45. The number of hydrogen-bond donors (Lipinski definition) is 0. The number of rotatable bonds is 2. The van der Waals surface area contributed by atoms with Crippen molar-refractivity contribution in [1.82, 2.24) is 9.97 Å². The Kier molecular flexibility index (Phi) is 2.14. The van der Waals surface area contributed by atoms with Gasteiger partial charge in [0.25, 0.3) is 0 Å². The van der Waals surface area contributed by atoms with E-state index in [9.17, 15) is 4.79 Å². The van der Waals surface area contributed by atoms with Gasteiger partial charge in [0.2, 0.25) is 0 Å². The third-order valence-corrected chi connectivity index (χ3v) is 2.49. The first-order valence-electron chi connectivity index (χ1n) is 3.70. The molecule has 0 saturated heterocycles. The molecule has 0 atom stereocenters. The highest BCUT2D eigenvalue weighted by Gasteiger charge is 2.04. The first kappa shape index (κ1) is 8.07. The molecule has 0 aliphatic heterocycles. The minimum Gasteiger partial charge on any atom is -0.298 e. The van der Waals surface area contributed by atoms with Crippen molar-refractivity contribution in [2.24, 2.45) is 0 Å². The summed E-state index contributed by atoms with van der Waals surface area (Å²) < 4.78 is 0. The van der Waals surface area contributed by atoms with Crippen LogP contribution in [0.25, 0.3) is 10.4 Å². The van der Waals surface area contributed by atoms with E-state index in [2.05, 4.69) is 9.97 Å². The van der Waals surface area contributed by atoms with Crippen molar-refractivity contribution < 1.29 is 4.79 Å². The van der Waals surface area contributed by atoms with E-state index in [0.717, 1.165) is 16.7 Å². The van der Waals surface area contributed by atoms with Crippen molar-refractivity contribution in [2.45, 2.75) is 0 Å². The van der Waals surface area contributed by atoms with E-state index in [1.807, 2.05) is 0 Å². The van der Waals surface area contributed by atoms with Gasteiger partial charge in [-0.05, 0) is 6.07 Å². The van der Waals surface area contributed by atoms with Crippen molar-refractivity contribution in [1.29, 1.82) is 0 Å². The number of carbonyl (C=O) groups excluding carboxylic acids is 1. The molecule has 0 aliphatic carbocycles. The Hall–Kier alpha value is -1.55. The van der Waals surface area contributed by atoms with Crippen LogP contribution in [-0.2, 0) is 0 Å². The molecule has 0 amide bonds. The van der Waals surface area contributed by atoms with Gasteiger partial charge in [-0.25, -0.2) is 0 Å². The SMILES string of the molecule is O=Cc1ccncc1-c1cncs1. The largest absolute Gasteiger partial charge is 0.298 e. The van der Waals surface area contributed by atoms with E-state index in [1.54, 1.807) is 30.2 Å². The fourth-order valence-electron chi connectivity index (χ4n) is 1.06. The molecule has 2 heterocycles. The molecular weight excluding hydrogens is 184 g/mol. The van der Waals surface area contributed by atoms with E-state index < -0.39 is 0 Å². The molecule has 2 aromatic rings. The molecule has 0 spiro atoms. The van der Waals surface area contributed by atoms with E-state index in [4.69, 9.17) is 0 Å². The molecule has 0 radical (unpaired) electrons. The van der Waals surface area contributed by atoms with E-state index in [-0.39, 0.29) is 0 Å². The average Bonchev–Trinajstić information content (AvgIpc) is 2.70. The van der Waals surface area contributed by atoms with Crippen molar-refractivity contribution >= 4 is 17.6 Å². The third-order valence-electron chi connectivity index (χ3n) is 1.68. The van der Waals surface area contributed by atoms with Crippen LogP contribution in [0.2, 0.25) is 0 Å². The number of thiazole rings is 1. The molecule has 0 unspecified atom stereocenters. The summed E-state index contributed by atoms with van der Waals surface area (Å²) in [5, 5.41) is 0. The van der Waals surface area contributed by atoms with Crippen molar-refractivity contribution in [3.63, 3.8) is 0 Å². The van der Waals surface area contributed by atoms with Crippen LogP contribution < -0.4 is 0 Å². The first-order chi connectivity index (χ1) is 6.42. The molecule has 13 heavy (non-hydrogen) atoms. The van der Waals surface area contributed by atoms with Crippen LogP contribution in [0, 0.1) is 0 Å². The molecule has 0 N–H and O–H groups in total. The first-order valence-corrected chi connectivity index (χ1v) is 4.58. The Bertz CT molecular complexity index is 411. The monoisotopic (exact) mass is 190 g/mol. The fourth-order valence-corrected chi connectivity index (χ4v) is 1.72. The maximum Gasteiger partial charge on any atom is 0.150 e. The molecule has 2 aromatic heterocycles. The van der Waals surface area contributed by atoms with Crippen molar-refractivity contribution in [3.05, 3.63) is 35.7 Å². The lowest BCUT2D eigenvalue weighted by Gasteiger charge is -1.98. The van der Waals surface area contributed by atoms with Crippen molar-refractivity contribution in [3.8, 4) is 10.4 Å². The second-order valence-corrected chi connectivity index (χ2v) is 3.33.